The third-order valence-electron chi connectivity index (χ3n) is 2.49. The Hall–Kier alpha value is 0.660. The molecule has 0 bridgehead atoms. The molecule has 1 unspecified atom stereocenters. The molecule has 1 rings (SSSR count). The Morgan fingerprint density at radius 3 is 2.36 bits per heavy atom. The van der Waals surface area contributed by atoms with Crippen LogP contribution in [0.2, 0.25) is 0 Å². The van der Waals surface area contributed by atoms with E-state index < -0.39 is 0 Å². The Kier molecular flexibility index (Phi) is 4.66. The maximum Gasteiger partial charge on any atom is 0.0701 e. The van der Waals surface area contributed by atoms with E-state index in [1.54, 1.807) is 0 Å². The van der Waals surface area contributed by atoms with Gasteiger partial charge in [0.2, 0.25) is 0 Å². The van der Waals surface area contributed by atoms with E-state index in [4.69, 9.17) is 0 Å². The lowest BCUT2D eigenvalue weighted by Gasteiger charge is -2.28. The number of alkyl halides is 1. The van der Waals surface area contributed by atoms with Gasteiger partial charge in [0.1, 0.15) is 0 Å². The second kappa shape index (κ2) is 5.13. The average Bonchev–Trinajstić information content (AvgIpc) is 2.45. The largest absolute Gasteiger partial charge is 0.133 e. The topological polar surface area (TPSA) is 0 Å². The minimum absolute atomic E-state index is 0.375. The molecule has 0 saturated carbocycles. The summed E-state index contributed by atoms with van der Waals surface area (Å²) in [5, 5.41) is 1.08. The van der Waals surface area contributed by atoms with Crippen molar-refractivity contribution in [2.24, 2.45) is 11.3 Å². The van der Waals surface area contributed by atoms with Crippen LogP contribution < -0.4 is 0 Å². The van der Waals surface area contributed by atoms with Gasteiger partial charge >= 0.3 is 0 Å². The monoisotopic (exact) mass is 338 g/mol. The van der Waals surface area contributed by atoms with Crippen molar-refractivity contribution >= 4 is 43.2 Å². The summed E-state index contributed by atoms with van der Waals surface area (Å²) in [6.45, 7) is 6.92. The molecule has 1 atom stereocenters. The fourth-order valence-electron chi connectivity index (χ4n) is 1.30. The molecule has 0 aliphatic rings. The fraction of sp³-hybridized carbons (Fsp3) is 0.636. The number of hydrogen-bond donors (Lipinski definition) is 0. The highest BCUT2D eigenvalue weighted by Gasteiger charge is 2.24. The maximum absolute atomic E-state index is 3.61. The Balaban J connectivity index is 2.66. The number of thiophene rings is 1. The molecule has 0 amide bonds. The highest BCUT2D eigenvalue weighted by molar-refractivity contribution is 9.11. The standard InChI is InChI=1S/C11H16Br2S/c1-11(2,3)8(7-12)6-9-4-5-10(13)14-9/h4-5,8H,6-7H2,1-3H3. The first-order chi connectivity index (χ1) is 6.43. The second-order valence-corrected chi connectivity index (χ2v) is 7.82. The summed E-state index contributed by atoms with van der Waals surface area (Å²) in [6.07, 6.45) is 1.17. The smallest absolute Gasteiger partial charge is 0.0701 e. The Morgan fingerprint density at radius 2 is 2.00 bits per heavy atom. The van der Waals surface area contributed by atoms with E-state index in [2.05, 4.69) is 64.8 Å². The molecule has 3 heteroatoms. The highest BCUT2D eigenvalue weighted by Crippen LogP contribution is 2.33. The molecular formula is C11H16Br2S. The Bertz CT molecular complexity index is 286. The Labute approximate surface area is 107 Å². The van der Waals surface area contributed by atoms with Crippen LogP contribution in [0.5, 0.6) is 0 Å². The van der Waals surface area contributed by atoms with Gasteiger partial charge in [0, 0.05) is 10.2 Å². The minimum Gasteiger partial charge on any atom is -0.133 e. The van der Waals surface area contributed by atoms with Gasteiger partial charge < -0.3 is 0 Å². The molecule has 1 aromatic heterocycles. The minimum atomic E-state index is 0.375. The lowest BCUT2D eigenvalue weighted by Crippen LogP contribution is -2.23. The quantitative estimate of drug-likeness (QED) is 0.671. The molecule has 0 nitrogen and oxygen atoms in total. The first-order valence-electron chi connectivity index (χ1n) is 4.73. The van der Waals surface area contributed by atoms with Crippen LogP contribution >= 0.6 is 43.2 Å². The molecule has 1 aromatic rings. The van der Waals surface area contributed by atoms with Gasteiger partial charge in [0.05, 0.1) is 3.79 Å². The van der Waals surface area contributed by atoms with Crippen LogP contribution in [-0.2, 0) is 6.42 Å². The van der Waals surface area contributed by atoms with Crippen LogP contribution in [0.3, 0.4) is 0 Å². The van der Waals surface area contributed by atoms with Crippen LogP contribution in [-0.4, -0.2) is 5.33 Å². The van der Waals surface area contributed by atoms with Crippen LogP contribution in [0.1, 0.15) is 25.6 Å². The van der Waals surface area contributed by atoms with Crippen molar-refractivity contribution in [3.8, 4) is 0 Å². The predicted octanol–water partition coefficient (Wildman–Crippen LogP) is 5.11. The summed E-state index contributed by atoms with van der Waals surface area (Å²) in [6, 6.07) is 4.35. The summed E-state index contributed by atoms with van der Waals surface area (Å²) in [5.74, 6) is 0.702. The van der Waals surface area contributed by atoms with Gasteiger partial charge in [-0.25, -0.2) is 0 Å². The molecule has 0 radical (unpaired) electrons. The summed E-state index contributed by atoms with van der Waals surface area (Å²) in [4.78, 5) is 1.47. The SMILES string of the molecule is CC(C)(C)C(CBr)Cc1ccc(Br)s1. The van der Waals surface area contributed by atoms with E-state index in [0.717, 1.165) is 5.33 Å². The lowest BCUT2D eigenvalue weighted by atomic mass is 9.80. The van der Waals surface area contributed by atoms with E-state index in [9.17, 15) is 0 Å². The zero-order chi connectivity index (χ0) is 10.8. The summed E-state index contributed by atoms with van der Waals surface area (Å²) in [5.41, 5.74) is 0.375. The third kappa shape index (κ3) is 3.67. The van der Waals surface area contributed by atoms with E-state index in [0.29, 0.717) is 11.3 Å². The van der Waals surface area contributed by atoms with Gasteiger partial charge in [-0.2, -0.15) is 0 Å². The second-order valence-electron chi connectivity index (χ2n) is 4.63. The van der Waals surface area contributed by atoms with Crippen LogP contribution in [0.25, 0.3) is 0 Å². The van der Waals surface area contributed by atoms with Gasteiger partial charge in [-0.15, -0.1) is 11.3 Å². The van der Waals surface area contributed by atoms with Crippen molar-refractivity contribution in [1.29, 1.82) is 0 Å². The van der Waals surface area contributed by atoms with Crippen molar-refractivity contribution in [3.05, 3.63) is 20.8 Å². The van der Waals surface area contributed by atoms with Gasteiger partial charge in [0.25, 0.3) is 0 Å². The molecule has 80 valence electrons. The van der Waals surface area contributed by atoms with E-state index >= 15 is 0 Å². The zero-order valence-electron chi connectivity index (χ0n) is 8.81. The molecule has 14 heavy (non-hydrogen) atoms. The first kappa shape index (κ1) is 12.7. The molecule has 1 heterocycles. The molecular weight excluding hydrogens is 324 g/mol. The number of halogens is 2. The third-order valence-corrected chi connectivity index (χ3v) is 4.91. The molecule has 0 spiro atoms. The van der Waals surface area contributed by atoms with Crippen LogP contribution in [0, 0.1) is 11.3 Å². The van der Waals surface area contributed by atoms with Gasteiger partial charge in [-0.1, -0.05) is 36.7 Å². The molecule has 0 saturated heterocycles. The summed E-state index contributed by atoms with van der Waals surface area (Å²) >= 11 is 8.95. The molecule has 0 fully saturated rings. The van der Waals surface area contributed by atoms with Crippen molar-refractivity contribution in [1.82, 2.24) is 0 Å². The van der Waals surface area contributed by atoms with Crippen molar-refractivity contribution in [2.75, 3.05) is 5.33 Å². The van der Waals surface area contributed by atoms with Gasteiger partial charge in [0.15, 0.2) is 0 Å². The fourth-order valence-corrected chi connectivity index (χ4v) is 4.06. The highest BCUT2D eigenvalue weighted by atomic mass is 79.9. The van der Waals surface area contributed by atoms with E-state index in [-0.39, 0.29) is 0 Å². The van der Waals surface area contributed by atoms with E-state index in [1.165, 1.54) is 15.1 Å². The van der Waals surface area contributed by atoms with Crippen LogP contribution in [0.15, 0.2) is 15.9 Å². The molecule has 0 N–H and O–H groups in total. The summed E-state index contributed by atoms with van der Waals surface area (Å²) in [7, 11) is 0. The van der Waals surface area contributed by atoms with Crippen LogP contribution in [0.4, 0.5) is 0 Å². The predicted molar refractivity (Wildman–Crippen MR) is 72.5 cm³/mol. The van der Waals surface area contributed by atoms with Crippen molar-refractivity contribution in [3.63, 3.8) is 0 Å². The number of hydrogen-bond acceptors (Lipinski definition) is 1. The van der Waals surface area contributed by atoms with E-state index in [1.807, 2.05) is 11.3 Å². The Morgan fingerprint density at radius 1 is 1.36 bits per heavy atom. The maximum atomic E-state index is 3.61. The number of rotatable bonds is 3. The van der Waals surface area contributed by atoms with Crippen molar-refractivity contribution < 1.29 is 0 Å². The summed E-state index contributed by atoms with van der Waals surface area (Å²) < 4.78 is 1.23. The first-order valence-corrected chi connectivity index (χ1v) is 7.46. The molecule has 0 aliphatic carbocycles. The zero-order valence-corrected chi connectivity index (χ0v) is 12.8. The lowest BCUT2D eigenvalue weighted by molar-refractivity contribution is 0.268. The normalized spacial score (nSPS) is 14.4. The molecule has 0 aromatic carbocycles. The molecule has 0 aliphatic heterocycles. The van der Waals surface area contributed by atoms with Crippen molar-refractivity contribution in [2.45, 2.75) is 27.2 Å². The van der Waals surface area contributed by atoms with Gasteiger partial charge in [-0.3, -0.25) is 0 Å². The average molecular weight is 340 g/mol. The van der Waals surface area contributed by atoms with Gasteiger partial charge in [-0.05, 0) is 45.8 Å².